The SMILES string of the molecule is CC(C)Cn1cc(NC(=O)Cc2ncc[nH]2)c(C(F)F)n1. The van der Waals surface area contributed by atoms with Gasteiger partial charge in [0.05, 0.1) is 12.1 Å². The number of alkyl halides is 2. The summed E-state index contributed by atoms with van der Waals surface area (Å²) in [5.41, 5.74) is -0.370. The van der Waals surface area contributed by atoms with Crippen LogP contribution in [0.2, 0.25) is 0 Å². The third-order valence-electron chi connectivity index (χ3n) is 2.71. The zero-order valence-electron chi connectivity index (χ0n) is 11.8. The van der Waals surface area contributed by atoms with E-state index in [1.807, 2.05) is 13.8 Å². The molecule has 0 atom stereocenters. The van der Waals surface area contributed by atoms with Crippen LogP contribution < -0.4 is 5.32 Å². The van der Waals surface area contributed by atoms with Crippen LogP contribution in [0.3, 0.4) is 0 Å². The Labute approximate surface area is 120 Å². The number of aromatic amines is 1. The molecular formula is C13H17F2N5O. The Hall–Kier alpha value is -2.25. The monoisotopic (exact) mass is 297 g/mol. The van der Waals surface area contributed by atoms with Gasteiger partial charge in [0.15, 0.2) is 5.69 Å². The minimum atomic E-state index is -2.74. The largest absolute Gasteiger partial charge is 0.348 e. The molecule has 0 unspecified atom stereocenters. The van der Waals surface area contributed by atoms with Gasteiger partial charge < -0.3 is 10.3 Å². The predicted molar refractivity (Wildman–Crippen MR) is 72.9 cm³/mol. The quantitative estimate of drug-likeness (QED) is 0.859. The molecule has 0 spiro atoms. The molecule has 2 heterocycles. The second-order valence-corrected chi connectivity index (χ2v) is 5.11. The van der Waals surface area contributed by atoms with Crippen molar-refractivity contribution in [3.05, 3.63) is 30.1 Å². The fraction of sp³-hybridized carbons (Fsp3) is 0.462. The molecule has 0 aliphatic heterocycles. The fourth-order valence-electron chi connectivity index (χ4n) is 1.90. The van der Waals surface area contributed by atoms with Crippen LogP contribution in [0.1, 0.15) is 31.8 Å². The lowest BCUT2D eigenvalue weighted by atomic mass is 10.2. The van der Waals surface area contributed by atoms with Gasteiger partial charge in [0.25, 0.3) is 6.43 Å². The first-order valence-electron chi connectivity index (χ1n) is 6.59. The van der Waals surface area contributed by atoms with Crippen molar-refractivity contribution in [1.29, 1.82) is 0 Å². The second-order valence-electron chi connectivity index (χ2n) is 5.11. The summed E-state index contributed by atoms with van der Waals surface area (Å²) in [6, 6.07) is 0. The van der Waals surface area contributed by atoms with E-state index >= 15 is 0 Å². The summed E-state index contributed by atoms with van der Waals surface area (Å²) in [6.07, 6.45) is 1.80. The van der Waals surface area contributed by atoms with Crippen molar-refractivity contribution in [3.8, 4) is 0 Å². The molecule has 1 amide bonds. The lowest BCUT2D eigenvalue weighted by Crippen LogP contribution is -2.16. The zero-order chi connectivity index (χ0) is 15.4. The highest BCUT2D eigenvalue weighted by molar-refractivity contribution is 5.92. The van der Waals surface area contributed by atoms with Crippen molar-refractivity contribution in [2.24, 2.45) is 5.92 Å². The number of halogens is 2. The molecule has 114 valence electrons. The van der Waals surface area contributed by atoms with Crippen LogP contribution in [-0.4, -0.2) is 25.7 Å². The molecule has 2 rings (SSSR count). The lowest BCUT2D eigenvalue weighted by molar-refractivity contribution is -0.115. The Morgan fingerprint density at radius 1 is 1.48 bits per heavy atom. The predicted octanol–water partition coefficient (Wildman–Crippen LogP) is 2.38. The first-order chi connectivity index (χ1) is 9.95. The highest BCUT2D eigenvalue weighted by Gasteiger charge is 2.20. The number of H-pyrrole nitrogens is 1. The van der Waals surface area contributed by atoms with Gasteiger partial charge in [-0.1, -0.05) is 13.8 Å². The number of carbonyl (C=O) groups is 1. The summed E-state index contributed by atoms with van der Waals surface area (Å²) >= 11 is 0. The summed E-state index contributed by atoms with van der Waals surface area (Å²) in [5, 5.41) is 6.29. The number of carbonyl (C=O) groups excluding carboxylic acids is 1. The summed E-state index contributed by atoms with van der Waals surface area (Å²) in [7, 11) is 0. The van der Waals surface area contributed by atoms with Crippen molar-refractivity contribution >= 4 is 11.6 Å². The molecule has 21 heavy (non-hydrogen) atoms. The van der Waals surface area contributed by atoms with E-state index in [-0.39, 0.29) is 18.0 Å². The van der Waals surface area contributed by atoms with Crippen LogP contribution in [0.15, 0.2) is 18.6 Å². The van der Waals surface area contributed by atoms with Gasteiger partial charge >= 0.3 is 0 Å². The van der Waals surface area contributed by atoms with Crippen molar-refractivity contribution in [2.45, 2.75) is 33.2 Å². The highest BCUT2D eigenvalue weighted by atomic mass is 19.3. The number of nitrogens with one attached hydrogen (secondary N) is 2. The minimum Gasteiger partial charge on any atom is -0.348 e. The summed E-state index contributed by atoms with van der Waals surface area (Å²) in [4.78, 5) is 18.5. The summed E-state index contributed by atoms with van der Waals surface area (Å²) in [6.45, 7) is 4.42. The molecule has 0 saturated carbocycles. The third-order valence-corrected chi connectivity index (χ3v) is 2.71. The Balaban J connectivity index is 2.10. The summed E-state index contributed by atoms with van der Waals surface area (Å²) < 4.78 is 27.3. The molecule has 6 nitrogen and oxygen atoms in total. The molecule has 0 aromatic carbocycles. The van der Waals surface area contributed by atoms with Crippen molar-refractivity contribution in [2.75, 3.05) is 5.32 Å². The molecule has 2 aromatic rings. The maximum Gasteiger partial charge on any atom is 0.284 e. The van der Waals surface area contributed by atoms with Gasteiger partial charge in [-0.3, -0.25) is 9.48 Å². The van der Waals surface area contributed by atoms with E-state index in [0.717, 1.165) is 0 Å². The maximum absolute atomic E-state index is 13.0. The van der Waals surface area contributed by atoms with Crippen molar-refractivity contribution in [3.63, 3.8) is 0 Å². The number of nitrogens with zero attached hydrogens (tertiary/aromatic N) is 3. The van der Waals surface area contributed by atoms with E-state index < -0.39 is 18.0 Å². The zero-order valence-corrected chi connectivity index (χ0v) is 11.8. The molecule has 0 radical (unpaired) electrons. The molecule has 8 heteroatoms. The van der Waals surface area contributed by atoms with Gasteiger partial charge in [-0.15, -0.1) is 0 Å². The van der Waals surface area contributed by atoms with Gasteiger partial charge in [-0.05, 0) is 5.92 Å². The fourth-order valence-corrected chi connectivity index (χ4v) is 1.90. The smallest absolute Gasteiger partial charge is 0.284 e. The number of hydrogen-bond donors (Lipinski definition) is 2. The average Bonchev–Trinajstić information content (AvgIpc) is 2.98. The van der Waals surface area contributed by atoms with Crippen LogP contribution in [0.4, 0.5) is 14.5 Å². The van der Waals surface area contributed by atoms with Crippen LogP contribution in [0, 0.1) is 5.92 Å². The minimum absolute atomic E-state index is 0.00889. The van der Waals surface area contributed by atoms with Crippen molar-refractivity contribution in [1.82, 2.24) is 19.7 Å². The molecule has 0 bridgehead atoms. The second kappa shape index (κ2) is 6.47. The number of rotatable bonds is 6. The first-order valence-corrected chi connectivity index (χ1v) is 6.59. The topological polar surface area (TPSA) is 75.6 Å². The van der Waals surface area contributed by atoms with E-state index in [1.165, 1.54) is 17.1 Å². The number of amides is 1. The van der Waals surface area contributed by atoms with Gasteiger partial charge in [0.1, 0.15) is 5.82 Å². The Morgan fingerprint density at radius 3 is 2.81 bits per heavy atom. The number of imidazole rings is 1. The molecule has 2 N–H and O–H groups in total. The van der Waals surface area contributed by atoms with Crippen LogP contribution >= 0.6 is 0 Å². The van der Waals surface area contributed by atoms with E-state index in [1.54, 1.807) is 6.20 Å². The molecular weight excluding hydrogens is 280 g/mol. The summed E-state index contributed by atoms with van der Waals surface area (Å²) in [5.74, 6) is 0.318. The average molecular weight is 297 g/mol. The highest BCUT2D eigenvalue weighted by Crippen LogP contribution is 2.25. The number of anilines is 1. The van der Waals surface area contributed by atoms with Crippen molar-refractivity contribution < 1.29 is 13.6 Å². The molecule has 0 saturated heterocycles. The van der Waals surface area contributed by atoms with E-state index in [2.05, 4.69) is 20.4 Å². The Morgan fingerprint density at radius 2 is 2.24 bits per heavy atom. The van der Waals surface area contributed by atoms with Crippen LogP contribution in [0.25, 0.3) is 0 Å². The van der Waals surface area contributed by atoms with Gasteiger partial charge in [0.2, 0.25) is 5.91 Å². The molecule has 0 aliphatic rings. The maximum atomic E-state index is 13.0. The Bertz CT molecular complexity index is 592. The van der Waals surface area contributed by atoms with Crippen LogP contribution in [-0.2, 0) is 17.8 Å². The Kier molecular flexibility index (Phi) is 4.66. The first kappa shape index (κ1) is 15.1. The third kappa shape index (κ3) is 4.11. The molecule has 0 fully saturated rings. The van der Waals surface area contributed by atoms with Gasteiger partial charge in [-0.2, -0.15) is 5.10 Å². The normalized spacial score (nSPS) is 11.3. The van der Waals surface area contributed by atoms with E-state index in [4.69, 9.17) is 0 Å². The molecule has 2 aromatic heterocycles. The van der Waals surface area contributed by atoms with E-state index in [9.17, 15) is 13.6 Å². The van der Waals surface area contributed by atoms with Crippen LogP contribution in [0.5, 0.6) is 0 Å². The number of hydrogen-bond acceptors (Lipinski definition) is 3. The lowest BCUT2D eigenvalue weighted by Gasteiger charge is -2.03. The van der Waals surface area contributed by atoms with Gasteiger partial charge in [0, 0.05) is 25.1 Å². The van der Waals surface area contributed by atoms with Gasteiger partial charge in [-0.25, -0.2) is 13.8 Å². The number of aromatic nitrogens is 4. The standard InChI is InChI=1S/C13H17F2N5O/c1-8(2)6-20-7-9(12(19-20)13(14)15)18-11(21)5-10-16-3-4-17-10/h3-4,7-8,13H,5-6H2,1-2H3,(H,16,17)(H,18,21). The van der Waals surface area contributed by atoms with E-state index in [0.29, 0.717) is 12.4 Å². The molecule has 0 aliphatic carbocycles.